The largest absolute Gasteiger partial charge is 0.416 e. The van der Waals surface area contributed by atoms with Crippen molar-refractivity contribution in [2.24, 2.45) is 0 Å². The molecular weight excluding hydrogens is 495 g/mol. The van der Waals surface area contributed by atoms with Crippen molar-refractivity contribution < 1.29 is 36.3 Å². The Hall–Kier alpha value is -3.50. The number of hydrogen-bond donors (Lipinski definition) is 2. The van der Waals surface area contributed by atoms with Crippen LogP contribution in [0.4, 0.5) is 27.6 Å². The van der Waals surface area contributed by atoms with Crippen LogP contribution in [0.3, 0.4) is 0 Å². The highest BCUT2D eigenvalue weighted by Crippen LogP contribution is 2.40. The number of hydrogen-bond acceptors (Lipinski definition) is 3. The van der Waals surface area contributed by atoms with Gasteiger partial charge in [-0.15, -0.1) is 0 Å². The van der Waals surface area contributed by atoms with E-state index < -0.39 is 46.8 Å². The van der Waals surface area contributed by atoms with Crippen LogP contribution >= 0.6 is 11.6 Å². The van der Waals surface area contributed by atoms with Crippen molar-refractivity contribution in [3.63, 3.8) is 0 Å². The molecule has 4 rings (SSSR count). The first-order valence-corrected chi connectivity index (χ1v) is 10.5. The maximum atomic E-state index is 14.0. The molecule has 3 aromatic rings. The number of nitrogens with one attached hydrogen (secondary N) is 2. The van der Waals surface area contributed by atoms with Gasteiger partial charge in [0.2, 0.25) is 0 Å². The highest BCUT2D eigenvalue weighted by molar-refractivity contribution is 6.31. The fourth-order valence-corrected chi connectivity index (χ4v) is 4.12. The Labute approximate surface area is 200 Å². The molecule has 0 spiro atoms. The van der Waals surface area contributed by atoms with Gasteiger partial charge >= 0.3 is 6.18 Å². The molecule has 2 amide bonds. The molecular formula is C24H16ClF5N2O3. The summed E-state index contributed by atoms with van der Waals surface area (Å²) in [6.07, 6.45) is -4.87. The van der Waals surface area contributed by atoms with Crippen LogP contribution < -0.4 is 10.6 Å². The van der Waals surface area contributed by atoms with Gasteiger partial charge in [0.1, 0.15) is 11.6 Å². The van der Waals surface area contributed by atoms with Crippen LogP contribution in [0.15, 0.2) is 48.5 Å². The molecule has 1 aliphatic rings. The Morgan fingerprint density at radius 2 is 1.83 bits per heavy atom. The van der Waals surface area contributed by atoms with Gasteiger partial charge in [0, 0.05) is 40.1 Å². The third kappa shape index (κ3) is 4.98. The first-order chi connectivity index (χ1) is 16.5. The quantitative estimate of drug-likeness (QED) is 0.422. The Morgan fingerprint density at radius 1 is 1.09 bits per heavy atom. The summed E-state index contributed by atoms with van der Waals surface area (Å²) < 4.78 is 72.2. The number of ether oxygens (including phenoxy) is 1. The van der Waals surface area contributed by atoms with E-state index in [1.807, 2.05) is 0 Å². The molecule has 1 heterocycles. The molecule has 1 unspecified atom stereocenters. The summed E-state index contributed by atoms with van der Waals surface area (Å²) in [5.41, 5.74) is -0.834. The van der Waals surface area contributed by atoms with Gasteiger partial charge in [0.05, 0.1) is 18.2 Å². The molecule has 3 aromatic carbocycles. The minimum Gasteiger partial charge on any atom is -0.380 e. The lowest BCUT2D eigenvalue weighted by molar-refractivity contribution is -0.137. The number of carbonyl (C=O) groups excluding carboxylic acids is 2. The van der Waals surface area contributed by atoms with Crippen LogP contribution in [-0.4, -0.2) is 18.9 Å². The molecule has 182 valence electrons. The predicted molar refractivity (Wildman–Crippen MR) is 117 cm³/mol. The average molecular weight is 511 g/mol. The van der Waals surface area contributed by atoms with Gasteiger partial charge in [-0.2, -0.15) is 13.2 Å². The summed E-state index contributed by atoms with van der Waals surface area (Å²) in [7, 11) is 1.41. The summed E-state index contributed by atoms with van der Waals surface area (Å²) in [6, 6.07) is 7.03. The molecule has 35 heavy (non-hydrogen) atoms. The van der Waals surface area contributed by atoms with Crippen LogP contribution in [0.25, 0.3) is 0 Å². The Bertz CT molecular complexity index is 1340. The number of carbonyl (C=O) groups is 2. The van der Waals surface area contributed by atoms with Gasteiger partial charge in [0.15, 0.2) is 0 Å². The smallest absolute Gasteiger partial charge is 0.380 e. The van der Waals surface area contributed by atoms with E-state index >= 15 is 0 Å². The summed E-state index contributed by atoms with van der Waals surface area (Å²) in [6.45, 7) is 0.0486. The van der Waals surface area contributed by atoms with E-state index in [9.17, 15) is 31.5 Å². The van der Waals surface area contributed by atoms with Crippen molar-refractivity contribution in [1.82, 2.24) is 5.32 Å². The van der Waals surface area contributed by atoms with Gasteiger partial charge in [-0.25, -0.2) is 8.78 Å². The fourth-order valence-electron chi connectivity index (χ4n) is 3.89. The topological polar surface area (TPSA) is 67.4 Å². The maximum absolute atomic E-state index is 14.0. The zero-order valence-electron chi connectivity index (χ0n) is 17.9. The van der Waals surface area contributed by atoms with E-state index in [-0.39, 0.29) is 40.1 Å². The molecule has 0 aliphatic carbocycles. The number of methoxy groups -OCH3 is 1. The van der Waals surface area contributed by atoms with E-state index in [0.29, 0.717) is 17.7 Å². The molecule has 0 radical (unpaired) electrons. The molecule has 1 atom stereocenters. The summed E-state index contributed by atoms with van der Waals surface area (Å²) in [4.78, 5) is 25.6. The summed E-state index contributed by atoms with van der Waals surface area (Å²) in [5.74, 6) is -3.45. The molecule has 0 fully saturated rings. The Kier molecular flexibility index (Phi) is 6.52. The van der Waals surface area contributed by atoms with Gasteiger partial charge in [0.25, 0.3) is 11.8 Å². The molecule has 5 nitrogen and oxygen atoms in total. The normalized spacial score (nSPS) is 15.1. The zero-order chi connectivity index (χ0) is 25.5. The number of rotatable bonds is 5. The Morgan fingerprint density at radius 3 is 2.51 bits per heavy atom. The average Bonchev–Trinajstić information content (AvgIpc) is 3.11. The lowest BCUT2D eigenvalue weighted by Crippen LogP contribution is -2.21. The van der Waals surface area contributed by atoms with E-state index in [1.54, 1.807) is 0 Å². The number of amides is 2. The lowest BCUT2D eigenvalue weighted by Gasteiger charge is -2.19. The minimum absolute atomic E-state index is 0.0426. The highest BCUT2D eigenvalue weighted by Gasteiger charge is 2.35. The highest BCUT2D eigenvalue weighted by atomic mass is 35.5. The van der Waals surface area contributed by atoms with Crippen molar-refractivity contribution in [3.05, 3.63) is 98.6 Å². The van der Waals surface area contributed by atoms with Crippen LogP contribution in [-0.2, 0) is 17.5 Å². The van der Waals surface area contributed by atoms with Crippen molar-refractivity contribution >= 4 is 29.1 Å². The third-order valence-corrected chi connectivity index (χ3v) is 5.71. The monoisotopic (exact) mass is 510 g/mol. The van der Waals surface area contributed by atoms with E-state index in [2.05, 4.69) is 10.6 Å². The van der Waals surface area contributed by atoms with Crippen LogP contribution in [0.5, 0.6) is 0 Å². The first kappa shape index (κ1) is 24.6. The van der Waals surface area contributed by atoms with Crippen LogP contribution in [0, 0.1) is 11.6 Å². The standard InChI is InChI=1S/C24H16ClF5N2O3/c1-35-10-11-4-17-20(21(32-23(17)34)16-9-14(26)2-3-18(16)25)19(5-11)31-22(33)12-6-13(24(28,29)30)8-15(27)7-12/h2-9,21H,10H2,1H3,(H,31,33)(H,32,34). The molecule has 0 bridgehead atoms. The first-order valence-electron chi connectivity index (χ1n) is 10.1. The Balaban J connectivity index is 1.82. The molecule has 11 heteroatoms. The zero-order valence-corrected chi connectivity index (χ0v) is 18.7. The van der Waals surface area contributed by atoms with Gasteiger partial charge in [-0.1, -0.05) is 11.6 Å². The number of fused-ring (bicyclic) bond motifs is 1. The van der Waals surface area contributed by atoms with Gasteiger partial charge < -0.3 is 15.4 Å². The molecule has 0 saturated carbocycles. The third-order valence-electron chi connectivity index (χ3n) is 5.36. The van der Waals surface area contributed by atoms with Gasteiger partial charge in [-0.3, -0.25) is 9.59 Å². The van der Waals surface area contributed by atoms with Gasteiger partial charge in [-0.05, 0) is 54.1 Å². The van der Waals surface area contributed by atoms with Crippen molar-refractivity contribution in [2.45, 2.75) is 18.8 Å². The second-order valence-corrected chi connectivity index (χ2v) is 8.20. The second kappa shape index (κ2) is 9.27. The van der Waals surface area contributed by atoms with Crippen molar-refractivity contribution in [1.29, 1.82) is 0 Å². The summed E-state index contributed by atoms with van der Waals surface area (Å²) in [5, 5.41) is 5.28. The molecule has 0 aromatic heterocycles. The predicted octanol–water partition coefficient (Wildman–Crippen LogP) is 5.87. The lowest BCUT2D eigenvalue weighted by atomic mass is 9.94. The maximum Gasteiger partial charge on any atom is 0.416 e. The number of halogens is 6. The molecule has 1 aliphatic heterocycles. The fraction of sp³-hybridized carbons (Fsp3) is 0.167. The number of anilines is 1. The summed E-state index contributed by atoms with van der Waals surface area (Å²) >= 11 is 6.23. The van der Waals surface area contributed by atoms with E-state index in [4.69, 9.17) is 16.3 Å². The van der Waals surface area contributed by atoms with Crippen LogP contribution in [0.1, 0.15) is 49.0 Å². The SMILES string of the molecule is COCc1cc(NC(=O)c2cc(F)cc(C(F)(F)F)c2)c2c(c1)C(=O)NC2c1cc(F)ccc1Cl. The minimum atomic E-state index is -4.87. The molecule has 2 N–H and O–H groups in total. The second-order valence-electron chi connectivity index (χ2n) is 7.79. The van der Waals surface area contributed by atoms with Crippen LogP contribution in [0.2, 0.25) is 5.02 Å². The molecule has 0 saturated heterocycles. The van der Waals surface area contributed by atoms with E-state index in [0.717, 1.165) is 12.1 Å². The number of benzene rings is 3. The van der Waals surface area contributed by atoms with Crippen molar-refractivity contribution in [3.8, 4) is 0 Å². The number of alkyl halides is 3. The van der Waals surface area contributed by atoms with E-state index in [1.165, 1.54) is 25.3 Å². The van der Waals surface area contributed by atoms with Crippen molar-refractivity contribution in [2.75, 3.05) is 12.4 Å².